The molecule has 3 aromatic rings. The van der Waals surface area contributed by atoms with Gasteiger partial charge < -0.3 is 5.11 Å². The molecule has 0 saturated heterocycles. The SMILES string of the molecule is OCc1nnn(-c2ccccc2F)c1-c1cccc(Cl)c1. The molecule has 0 amide bonds. The Balaban J connectivity index is 2.24. The lowest BCUT2D eigenvalue weighted by Gasteiger charge is -2.09. The molecule has 0 atom stereocenters. The van der Waals surface area contributed by atoms with Gasteiger partial charge in [-0.1, -0.05) is 41.1 Å². The molecule has 21 heavy (non-hydrogen) atoms. The first-order chi connectivity index (χ1) is 10.2. The number of aliphatic hydroxyl groups excluding tert-OH is 1. The molecule has 4 nitrogen and oxygen atoms in total. The van der Waals surface area contributed by atoms with Crippen LogP contribution in [0, 0.1) is 5.82 Å². The largest absolute Gasteiger partial charge is 0.390 e. The monoisotopic (exact) mass is 303 g/mol. The number of aromatic nitrogens is 3. The second-order valence-corrected chi connectivity index (χ2v) is 4.85. The first-order valence-electron chi connectivity index (χ1n) is 6.27. The van der Waals surface area contributed by atoms with Gasteiger partial charge >= 0.3 is 0 Å². The quantitative estimate of drug-likeness (QED) is 0.808. The van der Waals surface area contributed by atoms with Gasteiger partial charge in [-0.05, 0) is 24.3 Å². The van der Waals surface area contributed by atoms with Gasteiger partial charge in [0.15, 0.2) is 0 Å². The lowest BCUT2D eigenvalue weighted by atomic mass is 10.1. The normalized spacial score (nSPS) is 10.8. The maximum Gasteiger partial charge on any atom is 0.148 e. The maximum atomic E-state index is 14.0. The van der Waals surface area contributed by atoms with E-state index < -0.39 is 5.82 Å². The predicted octanol–water partition coefficient (Wildman–Crippen LogP) is 3.22. The summed E-state index contributed by atoms with van der Waals surface area (Å²) < 4.78 is 15.4. The van der Waals surface area contributed by atoms with E-state index in [9.17, 15) is 9.50 Å². The highest BCUT2D eigenvalue weighted by Crippen LogP contribution is 2.28. The van der Waals surface area contributed by atoms with E-state index >= 15 is 0 Å². The van der Waals surface area contributed by atoms with Crippen molar-refractivity contribution in [2.75, 3.05) is 0 Å². The van der Waals surface area contributed by atoms with Crippen LogP contribution in [0.25, 0.3) is 16.9 Å². The standard InChI is InChI=1S/C15H11ClFN3O/c16-11-5-3-4-10(8-11)15-13(9-21)18-19-20(15)14-7-2-1-6-12(14)17/h1-8,21H,9H2. The van der Waals surface area contributed by atoms with E-state index in [1.165, 1.54) is 10.7 Å². The fourth-order valence-electron chi connectivity index (χ4n) is 2.14. The van der Waals surface area contributed by atoms with Gasteiger partial charge in [-0.25, -0.2) is 9.07 Å². The van der Waals surface area contributed by atoms with Crippen LogP contribution >= 0.6 is 11.6 Å². The number of hydrogen-bond acceptors (Lipinski definition) is 3. The highest BCUT2D eigenvalue weighted by molar-refractivity contribution is 6.30. The summed E-state index contributed by atoms with van der Waals surface area (Å²) in [6.45, 7) is -0.295. The lowest BCUT2D eigenvalue weighted by molar-refractivity contribution is 0.277. The van der Waals surface area contributed by atoms with Crippen molar-refractivity contribution in [2.24, 2.45) is 0 Å². The Morgan fingerprint density at radius 2 is 1.95 bits per heavy atom. The molecule has 0 bridgehead atoms. The van der Waals surface area contributed by atoms with E-state index in [1.807, 2.05) is 0 Å². The molecule has 1 heterocycles. The third-order valence-corrected chi connectivity index (χ3v) is 3.30. The van der Waals surface area contributed by atoms with Crippen molar-refractivity contribution < 1.29 is 9.50 Å². The van der Waals surface area contributed by atoms with E-state index in [2.05, 4.69) is 10.3 Å². The third-order valence-electron chi connectivity index (χ3n) is 3.07. The van der Waals surface area contributed by atoms with E-state index in [0.29, 0.717) is 22.0 Å². The van der Waals surface area contributed by atoms with Gasteiger partial charge in [-0.3, -0.25) is 0 Å². The molecular formula is C15H11ClFN3O. The second kappa shape index (κ2) is 5.63. The van der Waals surface area contributed by atoms with Gasteiger partial charge in [0.25, 0.3) is 0 Å². The molecule has 0 aliphatic rings. The molecule has 0 aliphatic carbocycles. The van der Waals surface area contributed by atoms with Gasteiger partial charge in [0.05, 0.1) is 6.61 Å². The van der Waals surface area contributed by atoms with Crippen molar-refractivity contribution in [1.29, 1.82) is 0 Å². The van der Waals surface area contributed by atoms with E-state index in [1.54, 1.807) is 42.5 Å². The zero-order chi connectivity index (χ0) is 14.8. The summed E-state index contributed by atoms with van der Waals surface area (Å²) in [5.74, 6) is -0.421. The van der Waals surface area contributed by atoms with Crippen molar-refractivity contribution in [2.45, 2.75) is 6.61 Å². The van der Waals surface area contributed by atoms with Gasteiger partial charge in [-0.15, -0.1) is 5.10 Å². The zero-order valence-electron chi connectivity index (χ0n) is 10.9. The minimum atomic E-state index is -0.421. The van der Waals surface area contributed by atoms with Crippen LogP contribution in [0.3, 0.4) is 0 Å². The molecule has 0 radical (unpaired) electrons. The number of para-hydroxylation sites is 1. The van der Waals surface area contributed by atoms with Crippen molar-refractivity contribution in [3.05, 3.63) is 65.1 Å². The Morgan fingerprint density at radius 3 is 2.67 bits per heavy atom. The summed E-state index contributed by atoms with van der Waals surface area (Å²) in [6, 6.07) is 13.3. The maximum absolute atomic E-state index is 14.0. The molecule has 0 fully saturated rings. The van der Waals surface area contributed by atoms with Crippen LogP contribution in [-0.2, 0) is 6.61 Å². The summed E-state index contributed by atoms with van der Waals surface area (Å²) in [7, 11) is 0. The third kappa shape index (κ3) is 2.53. The zero-order valence-corrected chi connectivity index (χ0v) is 11.6. The number of benzene rings is 2. The summed E-state index contributed by atoms with van der Waals surface area (Å²) in [5, 5.41) is 17.8. The molecule has 1 N–H and O–H groups in total. The molecule has 0 unspecified atom stereocenters. The van der Waals surface area contributed by atoms with Gasteiger partial charge in [0, 0.05) is 10.6 Å². The Hall–Kier alpha value is -2.24. The summed E-state index contributed by atoms with van der Waals surface area (Å²) in [4.78, 5) is 0. The van der Waals surface area contributed by atoms with Gasteiger partial charge in [-0.2, -0.15) is 0 Å². The molecule has 1 aromatic heterocycles. The molecule has 0 saturated carbocycles. The fraction of sp³-hybridized carbons (Fsp3) is 0.0667. The summed E-state index contributed by atoms with van der Waals surface area (Å²) in [6.07, 6.45) is 0. The molecule has 2 aromatic carbocycles. The number of aliphatic hydroxyl groups is 1. The first kappa shape index (κ1) is 13.7. The van der Waals surface area contributed by atoms with Crippen molar-refractivity contribution >= 4 is 11.6 Å². The smallest absolute Gasteiger partial charge is 0.148 e. The van der Waals surface area contributed by atoms with E-state index in [4.69, 9.17) is 11.6 Å². The van der Waals surface area contributed by atoms with Crippen LogP contribution in [0.15, 0.2) is 48.5 Å². The number of nitrogens with zero attached hydrogens (tertiary/aromatic N) is 3. The molecule has 6 heteroatoms. The minimum absolute atomic E-state index is 0.264. The van der Waals surface area contributed by atoms with Gasteiger partial charge in [0.2, 0.25) is 0 Å². The Labute approximate surface area is 125 Å². The number of halogens is 2. The lowest BCUT2D eigenvalue weighted by Crippen LogP contribution is -2.02. The Morgan fingerprint density at radius 1 is 1.14 bits per heavy atom. The Kier molecular flexibility index (Phi) is 3.68. The summed E-state index contributed by atoms with van der Waals surface area (Å²) in [5.41, 5.74) is 1.85. The van der Waals surface area contributed by atoms with Crippen LogP contribution in [-0.4, -0.2) is 20.1 Å². The number of hydrogen-bond donors (Lipinski definition) is 1. The summed E-state index contributed by atoms with van der Waals surface area (Å²) >= 11 is 6.00. The average Bonchev–Trinajstić information content (AvgIpc) is 2.91. The van der Waals surface area contributed by atoms with Crippen LogP contribution in [0.2, 0.25) is 5.02 Å². The van der Waals surface area contributed by atoms with Crippen LogP contribution in [0.1, 0.15) is 5.69 Å². The minimum Gasteiger partial charge on any atom is -0.390 e. The van der Waals surface area contributed by atoms with E-state index in [0.717, 1.165) is 0 Å². The molecule has 106 valence electrons. The molecule has 3 rings (SSSR count). The second-order valence-electron chi connectivity index (χ2n) is 4.42. The predicted molar refractivity (Wildman–Crippen MR) is 77.7 cm³/mol. The molecule has 0 aliphatic heterocycles. The highest BCUT2D eigenvalue weighted by atomic mass is 35.5. The molecule has 0 spiro atoms. The first-order valence-corrected chi connectivity index (χ1v) is 6.65. The highest BCUT2D eigenvalue weighted by Gasteiger charge is 2.17. The Bertz CT molecular complexity index is 788. The van der Waals surface area contributed by atoms with Crippen molar-refractivity contribution in [3.8, 4) is 16.9 Å². The van der Waals surface area contributed by atoms with E-state index in [-0.39, 0.29) is 12.3 Å². The molecular weight excluding hydrogens is 293 g/mol. The van der Waals surface area contributed by atoms with Crippen LogP contribution in [0.5, 0.6) is 0 Å². The van der Waals surface area contributed by atoms with Crippen molar-refractivity contribution in [1.82, 2.24) is 15.0 Å². The fourth-order valence-corrected chi connectivity index (χ4v) is 2.33. The average molecular weight is 304 g/mol. The van der Waals surface area contributed by atoms with Gasteiger partial charge in [0.1, 0.15) is 22.9 Å². The topological polar surface area (TPSA) is 50.9 Å². The van der Waals surface area contributed by atoms with Crippen molar-refractivity contribution in [3.63, 3.8) is 0 Å². The number of rotatable bonds is 3. The van der Waals surface area contributed by atoms with Crippen LogP contribution in [0.4, 0.5) is 4.39 Å². The van der Waals surface area contributed by atoms with Crippen LogP contribution < -0.4 is 0 Å².